The van der Waals surface area contributed by atoms with Gasteiger partial charge in [0.05, 0.1) is 13.2 Å². The maximum absolute atomic E-state index is 12.5. The van der Waals surface area contributed by atoms with Crippen LogP contribution in [-0.4, -0.2) is 74.2 Å². The Bertz CT molecular complexity index is 621. The molecule has 0 aromatic heterocycles. The monoisotopic (exact) mass is 374 g/mol. The van der Waals surface area contributed by atoms with Gasteiger partial charge >= 0.3 is 6.03 Å². The van der Waals surface area contributed by atoms with Crippen LogP contribution in [0.3, 0.4) is 0 Å². The van der Waals surface area contributed by atoms with Crippen LogP contribution in [0.5, 0.6) is 0 Å². The van der Waals surface area contributed by atoms with Crippen LogP contribution in [-0.2, 0) is 4.74 Å². The smallest absolute Gasteiger partial charge is 0.319 e. The van der Waals surface area contributed by atoms with Crippen molar-refractivity contribution in [3.63, 3.8) is 0 Å². The predicted molar refractivity (Wildman–Crippen MR) is 105 cm³/mol. The highest BCUT2D eigenvalue weighted by molar-refractivity contribution is 5.95. The van der Waals surface area contributed by atoms with Crippen LogP contribution in [0.15, 0.2) is 24.3 Å². The lowest BCUT2D eigenvalue weighted by Crippen LogP contribution is -2.42. The van der Waals surface area contributed by atoms with Gasteiger partial charge in [0.25, 0.3) is 5.91 Å². The van der Waals surface area contributed by atoms with Crippen molar-refractivity contribution in [1.82, 2.24) is 15.1 Å². The van der Waals surface area contributed by atoms with E-state index in [4.69, 9.17) is 4.74 Å². The number of rotatable bonds is 5. The quantitative estimate of drug-likeness (QED) is 0.827. The average molecular weight is 374 g/mol. The van der Waals surface area contributed by atoms with Gasteiger partial charge in [0.2, 0.25) is 0 Å². The fourth-order valence-corrected chi connectivity index (χ4v) is 3.42. The molecule has 7 heteroatoms. The number of anilines is 1. The molecule has 1 aromatic rings. The number of urea groups is 1. The van der Waals surface area contributed by atoms with Crippen molar-refractivity contribution >= 4 is 17.6 Å². The summed E-state index contributed by atoms with van der Waals surface area (Å²) in [6.45, 7) is 8.63. The van der Waals surface area contributed by atoms with Gasteiger partial charge in [-0.05, 0) is 43.0 Å². The Kier molecular flexibility index (Phi) is 7.06. The zero-order valence-electron chi connectivity index (χ0n) is 16.1. The van der Waals surface area contributed by atoms with Gasteiger partial charge in [-0.15, -0.1) is 0 Å². The number of piperidine rings is 1. The van der Waals surface area contributed by atoms with Crippen molar-refractivity contribution in [2.24, 2.45) is 5.92 Å². The first kappa shape index (κ1) is 19.6. The summed E-state index contributed by atoms with van der Waals surface area (Å²) in [7, 11) is 0. The number of hydrogen-bond acceptors (Lipinski definition) is 4. The van der Waals surface area contributed by atoms with Crippen molar-refractivity contribution < 1.29 is 14.3 Å². The number of likely N-dealkylation sites (tertiary alicyclic amines) is 1. The molecule has 0 atom stereocenters. The first-order valence-corrected chi connectivity index (χ1v) is 9.86. The molecule has 0 aliphatic carbocycles. The van der Waals surface area contributed by atoms with E-state index < -0.39 is 0 Å². The Labute approximate surface area is 161 Å². The number of ether oxygens (including phenoxy) is 1. The average Bonchev–Trinajstić information content (AvgIpc) is 2.69. The lowest BCUT2D eigenvalue weighted by atomic mass is 9.98. The minimum Gasteiger partial charge on any atom is -0.379 e. The summed E-state index contributed by atoms with van der Waals surface area (Å²) in [5, 5.41) is 5.68. The van der Waals surface area contributed by atoms with E-state index in [1.165, 1.54) is 0 Å². The van der Waals surface area contributed by atoms with E-state index in [1.54, 1.807) is 24.3 Å². The molecule has 0 unspecified atom stereocenters. The second-order valence-electron chi connectivity index (χ2n) is 7.39. The van der Waals surface area contributed by atoms with Crippen LogP contribution in [0.2, 0.25) is 0 Å². The molecule has 27 heavy (non-hydrogen) atoms. The predicted octanol–water partition coefficient (Wildman–Crippen LogP) is 2.01. The number of carbonyl (C=O) groups excluding carboxylic acids is 2. The maximum Gasteiger partial charge on any atom is 0.319 e. The van der Waals surface area contributed by atoms with Gasteiger partial charge in [-0.2, -0.15) is 0 Å². The fraction of sp³-hybridized carbons (Fsp3) is 0.600. The number of nitrogens with zero attached hydrogens (tertiary/aromatic N) is 2. The van der Waals surface area contributed by atoms with Gasteiger partial charge in [-0.25, -0.2) is 4.79 Å². The molecule has 2 fully saturated rings. The summed E-state index contributed by atoms with van der Waals surface area (Å²) in [6.07, 6.45) is 2.13. The third kappa shape index (κ3) is 5.94. The van der Waals surface area contributed by atoms with E-state index in [0.717, 1.165) is 58.8 Å². The van der Waals surface area contributed by atoms with Gasteiger partial charge in [0.15, 0.2) is 0 Å². The SMILES string of the molecule is CC1CCN(C(=O)c2ccc(NC(=O)NCCN3CCOCC3)cc2)CC1. The third-order valence-electron chi connectivity index (χ3n) is 5.28. The summed E-state index contributed by atoms with van der Waals surface area (Å²) < 4.78 is 5.31. The molecule has 2 heterocycles. The van der Waals surface area contributed by atoms with Crippen molar-refractivity contribution in [3.8, 4) is 0 Å². The number of hydrogen-bond donors (Lipinski definition) is 2. The molecule has 2 saturated heterocycles. The highest BCUT2D eigenvalue weighted by Gasteiger charge is 2.21. The Hall–Kier alpha value is -2.12. The van der Waals surface area contributed by atoms with E-state index in [0.29, 0.717) is 23.7 Å². The highest BCUT2D eigenvalue weighted by Crippen LogP contribution is 2.19. The Morgan fingerprint density at radius 3 is 2.41 bits per heavy atom. The standard InChI is InChI=1S/C20H30N4O3/c1-16-6-9-24(10-7-16)19(25)17-2-4-18(5-3-17)22-20(26)21-8-11-23-12-14-27-15-13-23/h2-5,16H,6-15H2,1H3,(H2,21,22,26). The first-order chi connectivity index (χ1) is 13.1. The minimum absolute atomic E-state index is 0.0726. The van der Waals surface area contributed by atoms with Crippen LogP contribution in [0.1, 0.15) is 30.1 Å². The van der Waals surface area contributed by atoms with E-state index in [2.05, 4.69) is 22.5 Å². The molecule has 3 rings (SSSR count). The van der Waals surface area contributed by atoms with Crippen LogP contribution in [0.4, 0.5) is 10.5 Å². The molecule has 0 bridgehead atoms. The second-order valence-corrected chi connectivity index (χ2v) is 7.39. The van der Waals surface area contributed by atoms with E-state index in [-0.39, 0.29) is 11.9 Å². The van der Waals surface area contributed by atoms with E-state index >= 15 is 0 Å². The molecule has 1 aromatic carbocycles. The molecule has 0 radical (unpaired) electrons. The van der Waals surface area contributed by atoms with Gasteiger partial charge in [0.1, 0.15) is 0 Å². The highest BCUT2D eigenvalue weighted by atomic mass is 16.5. The zero-order chi connectivity index (χ0) is 19.1. The summed E-state index contributed by atoms with van der Waals surface area (Å²) >= 11 is 0. The van der Waals surface area contributed by atoms with Crippen LogP contribution < -0.4 is 10.6 Å². The third-order valence-corrected chi connectivity index (χ3v) is 5.28. The molecule has 2 aliphatic heterocycles. The molecular weight excluding hydrogens is 344 g/mol. The van der Waals surface area contributed by atoms with Gasteiger partial charge in [-0.3, -0.25) is 9.69 Å². The Morgan fingerprint density at radius 2 is 1.74 bits per heavy atom. The summed E-state index contributed by atoms with van der Waals surface area (Å²) in [5.74, 6) is 0.769. The van der Waals surface area contributed by atoms with Crippen molar-refractivity contribution in [2.75, 3.05) is 57.8 Å². The minimum atomic E-state index is -0.229. The van der Waals surface area contributed by atoms with Crippen molar-refractivity contribution in [2.45, 2.75) is 19.8 Å². The van der Waals surface area contributed by atoms with Crippen LogP contribution >= 0.6 is 0 Å². The van der Waals surface area contributed by atoms with Gasteiger partial charge in [-0.1, -0.05) is 6.92 Å². The number of nitrogens with one attached hydrogen (secondary N) is 2. The van der Waals surface area contributed by atoms with Crippen molar-refractivity contribution in [3.05, 3.63) is 29.8 Å². The molecular formula is C20H30N4O3. The number of amides is 3. The van der Waals surface area contributed by atoms with Gasteiger partial charge < -0.3 is 20.3 Å². The van der Waals surface area contributed by atoms with Crippen LogP contribution in [0.25, 0.3) is 0 Å². The molecule has 0 saturated carbocycles. The lowest BCUT2D eigenvalue weighted by molar-refractivity contribution is 0.0388. The summed E-state index contributed by atoms with van der Waals surface area (Å²) in [5.41, 5.74) is 1.35. The second kappa shape index (κ2) is 9.71. The topological polar surface area (TPSA) is 73.9 Å². The lowest BCUT2D eigenvalue weighted by Gasteiger charge is -2.30. The Morgan fingerprint density at radius 1 is 1.07 bits per heavy atom. The van der Waals surface area contributed by atoms with Gasteiger partial charge in [0, 0.05) is 50.5 Å². The summed E-state index contributed by atoms with van der Waals surface area (Å²) in [4.78, 5) is 28.7. The molecule has 148 valence electrons. The number of benzene rings is 1. The number of carbonyl (C=O) groups is 2. The fourth-order valence-electron chi connectivity index (χ4n) is 3.42. The van der Waals surface area contributed by atoms with E-state index in [1.807, 2.05) is 4.90 Å². The normalized spacial score (nSPS) is 18.9. The summed E-state index contributed by atoms with van der Waals surface area (Å²) in [6, 6.07) is 6.89. The van der Waals surface area contributed by atoms with E-state index in [9.17, 15) is 9.59 Å². The molecule has 2 aliphatic rings. The molecule has 0 spiro atoms. The molecule has 2 N–H and O–H groups in total. The van der Waals surface area contributed by atoms with Crippen molar-refractivity contribution in [1.29, 1.82) is 0 Å². The first-order valence-electron chi connectivity index (χ1n) is 9.86. The molecule has 7 nitrogen and oxygen atoms in total. The van der Waals surface area contributed by atoms with Crippen LogP contribution in [0, 0.1) is 5.92 Å². The largest absolute Gasteiger partial charge is 0.379 e. The molecule has 3 amide bonds. The number of morpholine rings is 1. The zero-order valence-corrected chi connectivity index (χ0v) is 16.1. The maximum atomic E-state index is 12.5. The Balaban J connectivity index is 1.41.